The molecule has 4 aromatic rings. The summed E-state index contributed by atoms with van der Waals surface area (Å²) in [7, 11) is 0. The largest absolute Gasteiger partial charge is 0.117 e. The Bertz CT molecular complexity index is 1220. The smallest absolute Gasteiger partial charge is 0.0842 e. The number of hydrogen-bond donors (Lipinski definition) is 0. The van der Waals surface area contributed by atoms with Gasteiger partial charge < -0.3 is 0 Å². The highest BCUT2D eigenvalue weighted by Crippen LogP contribution is 2.54. The van der Waals surface area contributed by atoms with Crippen LogP contribution in [0.1, 0.15) is 22.5 Å². The van der Waals surface area contributed by atoms with Crippen molar-refractivity contribution in [1.82, 2.24) is 0 Å². The number of alkyl halides is 1. The number of hydrogen-bond acceptors (Lipinski definition) is 1. The van der Waals surface area contributed by atoms with E-state index in [1.54, 1.807) is 0 Å². The van der Waals surface area contributed by atoms with Crippen LogP contribution < -0.4 is 0 Å². The number of rotatable bonds is 1. The summed E-state index contributed by atoms with van der Waals surface area (Å²) >= 11 is 6.81. The first-order valence-electron chi connectivity index (χ1n) is 8.52. The fourth-order valence-electron chi connectivity index (χ4n) is 4.22. The van der Waals surface area contributed by atoms with E-state index in [0.29, 0.717) is 0 Å². The van der Waals surface area contributed by atoms with Crippen LogP contribution in [0, 0.1) is 0 Å². The second-order valence-corrected chi connectivity index (χ2v) is 6.99. The van der Waals surface area contributed by atoms with Crippen LogP contribution in [-0.2, 0) is 0 Å². The van der Waals surface area contributed by atoms with Gasteiger partial charge in [0.25, 0.3) is 0 Å². The second kappa shape index (κ2) is 5.77. The molecule has 0 fully saturated rings. The average molecular weight is 356 g/mol. The van der Waals surface area contributed by atoms with Gasteiger partial charge in [-0.05, 0) is 49.3 Å². The van der Waals surface area contributed by atoms with Gasteiger partial charge in [-0.15, -0.1) is 11.6 Å². The maximum atomic E-state index is 9.19. The van der Waals surface area contributed by atoms with E-state index >= 15 is 0 Å². The van der Waals surface area contributed by atoms with E-state index in [1.807, 2.05) is 30.3 Å². The Morgan fingerprint density at radius 2 is 1.35 bits per heavy atom. The minimum atomic E-state index is -0.443. The average Bonchev–Trinajstić information content (AvgIpc) is 2.70. The van der Waals surface area contributed by atoms with E-state index in [4.69, 9.17) is 11.6 Å². The number of azide groups is 1. The van der Waals surface area contributed by atoms with E-state index in [1.165, 1.54) is 5.39 Å². The van der Waals surface area contributed by atoms with E-state index in [0.717, 1.165) is 38.4 Å². The van der Waals surface area contributed by atoms with Crippen LogP contribution in [0.5, 0.6) is 0 Å². The Morgan fingerprint density at radius 3 is 2.08 bits per heavy atom. The summed E-state index contributed by atoms with van der Waals surface area (Å²) in [6.07, 6.45) is 0. The summed E-state index contributed by atoms with van der Waals surface area (Å²) in [5, 5.41) is 8.33. The predicted molar refractivity (Wildman–Crippen MR) is 107 cm³/mol. The molecule has 3 nitrogen and oxygen atoms in total. The van der Waals surface area contributed by atoms with Gasteiger partial charge in [-0.3, -0.25) is 0 Å². The Labute approximate surface area is 155 Å². The maximum absolute atomic E-state index is 9.19. The molecule has 0 heterocycles. The summed E-state index contributed by atoms with van der Waals surface area (Å²) in [6, 6.07) is 24.4. The Kier molecular flexibility index (Phi) is 3.39. The molecule has 0 unspecified atom stereocenters. The van der Waals surface area contributed by atoms with E-state index in [9.17, 15) is 5.53 Å². The Balaban J connectivity index is 2.08. The van der Waals surface area contributed by atoms with Crippen LogP contribution in [0.15, 0.2) is 77.9 Å². The van der Waals surface area contributed by atoms with Gasteiger partial charge in [0.05, 0.1) is 11.4 Å². The highest BCUT2D eigenvalue weighted by Gasteiger charge is 2.34. The van der Waals surface area contributed by atoms with Gasteiger partial charge in [-0.1, -0.05) is 77.9 Å². The van der Waals surface area contributed by atoms with Crippen molar-refractivity contribution in [2.24, 2.45) is 5.11 Å². The van der Waals surface area contributed by atoms with Crippen molar-refractivity contribution in [3.05, 3.63) is 94.4 Å². The maximum Gasteiger partial charge on any atom is 0.0842 e. The minimum Gasteiger partial charge on any atom is -0.117 e. The summed E-state index contributed by atoms with van der Waals surface area (Å²) in [5.74, 6) is 0. The second-order valence-electron chi connectivity index (χ2n) is 6.52. The summed E-state index contributed by atoms with van der Waals surface area (Å²) in [6.45, 7) is 0. The van der Waals surface area contributed by atoms with E-state index in [-0.39, 0.29) is 5.38 Å². The molecule has 1 aliphatic carbocycles. The summed E-state index contributed by atoms with van der Waals surface area (Å²) < 4.78 is 0. The van der Waals surface area contributed by atoms with Crippen molar-refractivity contribution in [2.75, 3.05) is 0 Å². The molecule has 0 aromatic heterocycles. The van der Waals surface area contributed by atoms with Gasteiger partial charge in [0.15, 0.2) is 0 Å². The summed E-state index contributed by atoms with van der Waals surface area (Å²) in [5.41, 5.74) is 13.5. The van der Waals surface area contributed by atoms with Gasteiger partial charge in [-0.25, -0.2) is 0 Å². The van der Waals surface area contributed by atoms with E-state index < -0.39 is 6.04 Å². The first-order chi connectivity index (χ1) is 12.8. The van der Waals surface area contributed by atoms with Crippen LogP contribution in [0.3, 0.4) is 0 Å². The van der Waals surface area contributed by atoms with Crippen LogP contribution in [-0.4, -0.2) is 0 Å². The fraction of sp³-hybridized carbons (Fsp3) is 0.0909. The molecule has 0 saturated heterocycles. The Hall–Kier alpha value is -3.00. The molecule has 0 N–H and O–H groups in total. The van der Waals surface area contributed by atoms with Gasteiger partial charge in [0, 0.05) is 4.91 Å². The van der Waals surface area contributed by atoms with Gasteiger partial charge in [0.2, 0.25) is 0 Å². The monoisotopic (exact) mass is 355 g/mol. The number of nitrogens with zero attached hydrogens (tertiary/aromatic N) is 3. The lowest BCUT2D eigenvalue weighted by atomic mass is 9.77. The third-order valence-corrected chi connectivity index (χ3v) is 5.72. The molecule has 5 rings (SSSR count). The van der Waals surface area contributed by atoms with Crippen molar-refractivity contribution in [2.45, 2.75) is 11.4 Å². The third kappa shape index (κ3) is 1.99. The molecule has 0 aliphatic heterocycles. The topological polar surface area (TPSA) is 48.8 Å². The molecule has 0 amide bonds. The van der Waals surface area contributed by atoms with Crippen molar-refractivity contribution in [1.29, 1.82) is 0 Å². The number of fused-ring (bicyclic) bond motifs is 8. The fourth-order valence-corrected chi connectivity index (χ4v) is 4.59. The lowest BCUT2D eigenvalue weighted by Gasteiger charge is -2.31. The quantitative estimate of drug-likeness (QED) is 0.113. The van der Waals surface area contributed by atoms with Gasteiger partial charge in [-0.2, -0.15) is 0 Å². The number of benzene rings is 4. The SMILES string of the molecule is [N-]=[N+]=N[C@@H]1c2c(c3ccccc3c3ccccc23)-c2ccccc2[C@H]1Cl. The third-order valence-electron chi connectivity index (χ3n) is 5.25. The van der Waals surface area contributed by atoms with Crippen molar-refractivity contribution >= 4 is 33.1 Å². The van der Waals surface area contributed by atoms with Crippen LogP contribution in [0.25, 0.3) is 43.1 Å². The zero-order valence-electron chi connectivity index (χ0n) is 13.8. The Morgan fingerprint density at radius 1 is 0.769 bits per heavy atom. The van der Waals surface area contributed by atoms with Crippen LogP contribution in [0.4, 0.5) is 0 Å². The zero-order valence-corrected chi connectivity index (χ0v) is 14.6. The van der Waals surface area contributed by atoms with Crippen LogP contribution >= 0.6 is 11.6 Å². The van der Waals surface area contributed by atoms with Crippen molar-refractivity contribution in [3.63, 3.8) is 0 Å². The lowest BCUT2D eigenvalue weighted by Crippen LogP contribution is -2.13. The highest BCUT2D eigenvalue weighted by atomic mass is 35.5. The van der Waals surface area contributed by atoms with Gasteiger partial charge in [0.1, 0.15) is 0 Å². The molecule has 4 heteroatoms. The first kappa shape index (κ1) is 15.3. The van der Waals surface area contributed by atoms with Crippen LogP contribution in [0.2, 0.25) is 0 Å². The van der Waals surface area contributed by atoms with E-state index in [2.05, 4.69) is 52.5 Å². The zero-order chi connectivity index (χ0) is 17.7. The summed E-state index contributed by atoms with van der Waals surface area (Å²) in [4.78, 5) is 3.11. The first-order valence-corrected chi connectivity index (χ1v) is 8.96. The molecule has 124 valence electrons. The van der Waals surface area contributed by atoms with Gasteiger partial charge >= 0.3 is 0 Å². The minimum absolute atomic E-state index is 0.390. The van der Waals surface area contributed by atoms with Crippen molar-refractivity contribution in [3.8, 4) is 11.1 Å². The molecule has 4 aromatic carbocycles. The standard InChI is InChI=1S/C22H14ClN3/c23-21-18-12-6-5-11-17(18)19-15-9-3-1-7-13(15)14-8-2-4-10-16(14)20(19)22(21)25-26-24/h1-12,21-22H/t21-,22-/m1/s1. The normalized spacial score (nSPS) is 18.2. The molecule has 1 aliphatic rings. The lowest BCUT2D eigenvalue weighted by molar-refractivity contribution is 0.689. The number of halogens is 1. The molecule has 2 atom stereocenters. The highest BCUT2D eigenvalue weighted by molar-refractivity contribution is 6.24. The molecule has 0 bridgehead atoms. The van der Waals surface area contributed by atoms with Crippen molar-refractivity contribution < 1.29 is 0 Å². The molecule has 0 saturated carbocycles. The predicted octanol–water partition coefficient (Wildman–Crippen LogP) is 7.30. The molecule has 0 radical (unpaired) electrons. The molecular weight excluding hydrogens is 342 g/mol. The molecule has 26 heavy (non-hydrogen) atoms. The molecule has 0 spiro atoms. The molecular formula is C22H14ClN3.